The number of esters is 1. The Hall–Kier alpha value is -2.03. The lowest BCUT2D eigenvalue weighted by atomic mass is 10.0. The van der Waals surface area contributed by atoms with Crippen molar-refractivity contribution in [2.75, 3.05) is 7.11 Å². The molecule has 0 fully saturated rings. The third-order valence-electron chi connectivity index (χ3n) is 2.95. The van der Waals surface area contributed by atoms with Crippen LogP contribution in [0.4, 0.5) is 0 Å². The van der Waals surface area contributed by atoms with E-state index in [1.807, 2.05) is 31.2 Å². The van der Waals surface area contributed by atoms with Crippen molar-refractivity contribution in [1.29, 1.82) is 0 Å². The highest BCUT2D eigenvalue weighted by Crippen LogP contribution is 2.30. The molecule has 2 aromatic rings. The summed E-state index contributed by atoms with van der Waals surface area (Å²) in [6.45, 7) is 3.93. The number of hydrogen-bond acceptors (Lipinski definition) is 3. The molecule has 0 aliphatic carbocycles. The fourth-order valence-corrected chi connectivity index (χ4v) is 2.07. The minimum atomic E-state index is -0.366. The van der Waals surface area contributed by atoms with Gasteiger partial charge in [-0.1, -0.05) is 25.1 Å². The van der Waals surface area contributed by atoms with Gasteiger partial charge < -0.3 is 9.15 Å². The minimum Gasteiger partial charge on any atom is -0.466 e. The molecule has 1 aromatic carbocycles. The normalized spacial score (nSPS) is 11.8. The van der Waals surface area contributed by atoms with E-state index in [1.54, 1.807) is 0 Å². The predicted octanol–water partition coefficient (Wildman–Crippen LogP) is 3.57. The van der Waals surface area contributed by atoms with Crippen molar-refractivity contribution in [2.24, 2.45) is 0 Å². The molecule has 3 heteroatoms. The second kappa shape index (κ2) is 5.08. The molecule has 0 aliphatic rings. The van der Waals surface area contributed by atoms with E-state index in [2.05, 4.69) is 11.7 Å². The van der Waals surface area contributed by atoms with E-state index in [1.165, 1.54) is 13.2 Å². The molecule has 0 atom stereocenters. The van der Waals surface area contributed by atoms with Gasteiger partial charge in [-0.25, -0.2) is 4.79 Å². The first-order chi connectivity index (χ1) is 8.67. The van der Waals surface area contributed by atoms with Gasteiger partial charge in [0.15, 0.2) is 0 Å². The largest absolute Gasteiger partial charge is 0.466 e. The van der Waals surface area contributed by atoms with Gasteiger partial charge in [0.25, 0.3) is 0 Å². The molecule has 94 valence electrons. The molecule has 18 heavy (non-hydrogen) atoms. The van der Waals surface area contributed by atoms with Crippen molar-refractivity contribution >= 4 is 22.5 Å². The Balaban J connectivity index is 2.57. The SMILES string of the molecule is CCc1c(/C(C)=C/C(=O)OC)oc2ccccc12. The van der Waals surface area contributed by atoms with Crippen molar-refractivity contribution in [1.82, 2.24) is 0 Å². The number of benzene rings is 1. The molecule has 0 saturated carbocycles. The molecule has 1 heterocycles. The summed E-state index contributed by atoms with van der Waals surface area (Å²) < 4.78 is 10.5. The molecule has 0 N–H and O–H groups in total. The van der Waals surface area contributed by atoms with Crippen LogP contribution in [0, 0.1) is 0 Å². The Bertz CT molecular complexity index is 605. The van der Waals surface area contributed by atoms with Crippen LogP contribution in [0.15, 0.2) is 34.8 Å². The summed E-state index contributed by atoms with van der Waals surface area (Å²) in [6, 6.07) is 7.89. The number of aryl methyl sites for hydroxylation is 1. The van der Waals surface area contributed by atoms with Crippen LogP contribution in [0.25, 0.3) is 16.5 Å². The second-order valence-corrected chi connectivity index (χ2v) is 4.11. The van der Waals surface area contributed by atoms with Gasteiger partial charge in [-0.2, -0.15) is 0 Å². The fourth-order valence-electron chi connectivity index (χ4n) is 2.07. The predicted molar refractivity (Wildman–Crippen MR) is 71.3 cm³/mol. The van der Waals surface area contributed by atoms with Crippen LogP contribution in [0.2, 0.25) is 0 Å². The lowest BCUT2D eigenvalue weighted by Crippen LogP contribution is -1.96. The Morgan fingerprint density at radius 1 is 1.39 bits per heavy atom. The summed E-state index contributed by atoms with van der Waals surface area (Å²) in [4.78, 5) is 11.3. The molecule has 0 aliphatic heterocycles. The minimum absolute atomic E-state index is 0.366. The van der Waals surface area contributed by atoms with E-state index in [-0.39, 0.29) is 5.97 Å². The Morgan fingerprint density at radius 2 is 2.11 bits per heavy atom. The van der Waals surface area contributed by atoms with Gasteiger partial charge in [-0.05, 0) is 25.0 Å². The monoisotopic (exact) mass is 244 g/mol. The van der Waals surface area contributed by atoms with Crippen molar-refractivity contribution < 1.29 is 13.9 Å². The second-order valence-electron chi connectivity index (χ2n) is 4.11. The summed E-state index contributed by atoms with van der Waals surface area (Å²) in [5.74, 6) is 0.402. The van der Waals surface area contributed by atoms with Crippen LogP contribution in [-0.4, -0.2) is 13.1 Å². The zero-order valence-electron chi connectivity index (χ0n) is 10.8. The van der Waals surface area contributed by atoms with Crippen LogP contribution in [0.1, 0.15) is 25.2 Å². The topological polar surface area (TPSA) is 39.4 Å². The molecule has 0 saturated heterocycles. The van der Waals surface area contributed by atoms with E-state index >= 15 is 0 Å². The van der Waals surface area contributed by atoms with Gasteiger partial charge in [-0.3, -0.25) is 0 Å². The highest BCUT2D eigenvalue weighted by Gasteiger charge is 2.14. The number of carbonyl (C=O) groups excluding carboxylic acids is 1. The standard InChI is InChI=1S/C15H16O3/c1-4-11-12-7-5-6-8-13(12)18-15(11)10(2)9-14(16)17-3/h5-9H,4H2,1-3H3/b10-9+. The quantitative estimate of drug-likeness (QED) is 0.612. The average Bonchev–Trinajstić information content (AvgIpc) is 2.77. The van der Waals surface area contributed by atoms with E-state index in [0.717, 1.165) is 34.3 Å². The van der Waals surface area contributed by atoms with Gasteiger partial charge in [-0.15, -0.1) is 0 Å². The number of furan rings is 1. The Morgan fingerprint density at radius 3 is 2.78 bits per heavy atom. The molecule has 1 aromatic heterocycles. The Kier molecular flexibility index (Phi) is 3.51. The number of hydrogen-bond donors (Lipinski definition) is 0. The maximum Gasteiger partial charge on any atom is 0.330 e. The van der Waals surface area contributed by atoms with Crippen molar-refractivity contribution in [3.8, 4) is 0 Å². The summed E-state index contributed by atoms with van der Waals surface area (Å²) in [6.07, 6.45) is 2.32. The number of allylic oxidation sites excluding steroid dienone is 1. The summed E-state index contributed by atoms with van der Waals surface area (Å²) in [5, 5.41) is 1.10. The molecule has 0 spiro atoms. The van der Waals surface area contributed by atoms with Crippen LogP contribution in [0.3, 0.4) is 0 Å². The zero-order chi connectivity index (χ0) is 13.1. The Labute approximate surface area is 106 Å². The van der Waals surface area contributed by atoms with Gasteiger partial charge >= 0.3 is 5.97 Å². The molecule has 0 unspecified atom stereocenters. The van der Waals surface area contributed by atoms with Gasteiger partial charge in [0.1, 0.15) is 11.3 Å². The highest BCUT2D eigenvalue weighted by atomic mass is 16.5. The summed E-state index contributed by atoms with van der Waals surface area (Å²) in [5.41, 5.74) is 2.76. The molecule has 0 amide bonds. The maximum atomic E-state index is 11.3. The van der Waals surface area contributed by atoms with Crippen LogP contribution in [-0.2, 0) is 16.0 Å². The molecule has 0 radical (unpaired) electrons. The first-order valence-corrected chi connectivity index (χ1v) is 5.94. The van der Waals surface area contributed by atoms with Crippen LogP contribution < -0.4 is 0 Å². The lowest BCUT2D eigenvalue weighted by molar-refractivity contribution is -0.134. The number of rotatable bonds is 3. The van der Waals surface area contributed by atoms with Crippen molar-refractivity contribution in [2.45, 2.75) is 20.3 Å². The van der Waals surface area contributed by atoms with Crippen LogP contribution in [0.5, 0.6) is 0 Å². The fraction of sp³-hybridized carbons (Fsp3) is 0.267. The maximum absolute atomic E-state index is 11.3. The first kappa shape index (κ1) is 12.4. The van der Waals surface area contributed by atoms with Crippen LogP contribution >= 0.6 is 0 Å². The van der Waals surface area contributed by atoms with E-state index in [9.17, 15) is 4.79 Å². The third-order valence-corrected chi connectivity index (χ3v) is 2.95. The summed E-state index contributed by atoms with van der Waals surface area (Å²) >= 11 is 0. The average molecular weight is 244 g/mol. The first-order valence-electron chi connectivity index (χ1n) is 5.94. The van der Waals surface area contributed by atoms with Gasteiger partial charge in [0.2, 0.25) is 0 Å². The number of fused-ring (bicyclic) bond motifs is 1. The van der Waals surface area contributed by atoms with E-state index < -0.39 is 0 Å². The van der Waals surface area contributed by atoms with E-state index in [4.69, 9.17) is 4.42 Å². The molecular weight excluding hydrogens is 228 g/mol. The molecular formula is C15H16O3. The lowest BCUT2D eigenvalue weighted by Gasteiger charge is -2.00. The third kappa shape index (κ3) is 2.16. The van der Waals surface area contributed by atoms with Crippen molar-refractivity contribution in [3.05, 3.63) is 41.7 Å². The van der Waals surface area contributed by atoms with E-state index in [0.29, 0.717) is 0 Å². The van der Waals surface area contributed by atoms with Gasteiger partial charge in [0, 0.05) is 17.0 Å². The summed E-state index contributed by atoms with van der Waals surface area (Å²) in [7, 11) is 1.37. The smallest absolute Gasteiger partial charge is 0.330 e. The highest BCUT2D eigenvalue weighted by molar-refractivity contribution is 5.93. The molecule has 2 rings (SSSR count). The zero-order valence-corrected chi connectivity index (χ0v) is 10.8. The number of methoxy groups -OCH3 is 1. The van der Waals surface area contributed by atoms with Crippen molar-refractivity contribution in [3.63, 3.8) is 0 Å². The number of ether oxygens (including phenoxy) is 1. The van der Waals surface area contributed by atoms with Gasteiger partial charge in [0.05, 0.1) is 7.11 Å². The molecule has 0 bridgehead atoms. The number of carbonyl (C=O) groups is 1. The molecule has 3 nitrogen and oxygen atoms in total. The number of para-hydroxylation sites is 1.